The summed E-state index contributed by atoms with van der Waals surface area (Å²) in [5.41, 5.74) is 17.7. The average molecular weight is 582 g/mol. The van der Waals surface area contributed by atoms with Crippen LogP contribution in [-0.4, -0.2) is 77.4 Å². The molecule has 2 aromatic heterocycles. The number of carbonyl (C=O) groups is 3. The van der Waals surface area contributed by atoms with Crippen molar-refractivity contribution in [1.82, 2.24) is 24.6 Å². The van der Waals surface area contributed by atoms with Crippen molar-refractivity contribution in [3.63, 3.8) is 0 Å². The summed E-state index contributed by atoms with van der Waals surface area (Å²) < 4.78 is 5.74. The zero-order chi connectivity index (χ0) is 27.6. The lowest BCUT2D eigenvalue weighted by Crippen LogP contribution is -2.71. The lowest BCUT2D eigenvalue weighted by Gasteiger charge is -2.49. The molecule has 0 radical (unpaired) electrons. The number of aliphatic carboxylic acids is 1. The molecule has 2 aromatic rings. The maximum atomic E-state index is 13.1. The summed E-state index contributed by atoms with van der Waals surface area (Å²) in [6.45, 7) is 4.32. The summed E-state index contributed by atoms with van der Waals surface area (Å²) in [5.74, 6) is -1.33. The van der Waals surface area contributed by atoms with E-state index in [0.29, 0.717) is 28.8 Å². The smallest absolute Gasteiger partial charge is 0.352 e. The normalized spacial score (nSPS) is 19.2. The third-order valence-electron chi connectivity index (χ3n) is 5.44. The van der Waals surface area contributed by atoms with E-state index in [0.717, 1.165) is 11.5 Å². The molecule has 15 nitrogen and oxygen atoms in total. The first-order valence-electron chi connectivity index (χ1n) is 11.2. The fourth-order valence-electron chi connectivity index (χ4n) is 3.77. The molecule has 2 aliphatic heterocycles. The number of β-lactam (4-membered cyclic amide) rings is 1. The van der Waals surface area contributed by atoms with E-state index < -0.39 is 29.2 Å². The molecular formula is C20H25N10O5S3+. The molecule has 2 atom stereocenters. The van der Waals surface area contributed by atoms with E-state index in [-0.39, 0.29) is 40.5 Å². The van der Waals surface area contributed by atoms with Gasteiger partial charge in [0.1, 0.15) is 23.7 Å². The second-order valence-corrected chi connectivity index (χ2v) is 10.7. The van der Waals surface area contributed by atoms with Crippen LogP contribution in [0.1, 0.15) is 19.7 Å². The summed E-state index contributed by atoms with van der Waals surface area (Å²) in [4.78, 5) is 52.7. The maximum Gasteiger partial charge on any atom is 0.352 e. The van der Waals surface area contributed by atoms with Crippen molar-refractivity contribution in [3.8, 4) is 0 Å². The van der Waals surface area contributed by atoms with Crippen molar-refractivity contribution in [1.29, 1.82) is 0 Å². The Morgan fingerprint density at radius 3 is 2.74 bits per heavy atom. The minimum Gasteiger partial charge on any atom is -0.477 e. The van der Waals surface area contributed by atoms with Gasteiger partial charge in [-0.25, -0.2) is 9.36 Å². The minimum atomic E-state index is -1.24. The van der Waals surface area contributed by atoms with Gasteiger partial charge >= 0.3 is 11.1 Å². The first kappa shape index (κ1) is 27.4. The standard InChI is InChI=1S/C20H24N10O5S3/c1-3-29-10(22)5-9(21)24-20(29)37-7-8-6-36-17-12(16(32)30(17)13(8)18(33)34)25-15(31)11(27-35-4-2)14-26-19(23)38-28-14/h5,12,17H,3-4,6-7H2,1-2H3,(H7,21,22,23,25,26,28,31,33,34)/p+1/b27-11-. The van der Waals surface area contributed by atoms with E-state index in [1.165, 1.54) is 28.4 Å². The van der Waals surface area contributed by atoms with Gasteiger partial charge in [-0.15, -0.1) is 11.8 Å². The predicted octanol–water partition coefficient (Wildman–Crippen LogP) is -0.741. The third-order valence-corrected chi connectivity index (χ3v) is 8.39. The lowest BCUT2D eigenvalue weighted by molar-refractivity contribution is -0.719. The molecule has 1 saturated heterocycles. The zero-order valence-electron chi connectivity index (χ0n) is 20.3. The van der Waals surface area contributed by atoms with Crippen molar-refractivity contribution in [2.75, 3.05) is 35.3 Å². The molecule has 18 heteroatoms. The molecule has 0 spiro atoms. The topological polar surface area (TPSA) is 229 Å². The van der Waals surface area contributed by atoms with Crippen LogP contribution in [0.25, 0.3) is 0 Å². The fourth-order valence-corrected chi connectivity index (χ4v) is 6.78. The lowest BCUT2D eigenvalue weighted by atomic mass is 10.0. The number of anilines is 3. The highest BCUT2D eigenvalue weighted by Crippen LogP contribution is 2.41. The van der Waals surface area contributed by atoms with Crippen molar-refractivity contribution in [2.24, 2.45) is 5.16 Å². The Hall–Kier alpha value is -3.64. The largest absolute Gasteiger partial charge is 0.477 e. The van der Waals surface area contributed by atoms with Gasteiger partial charge in [-0.05, 0) is 31.2 Å². The Kier molecular flexibility index (Phi) is 8.22. The number of carboxylic acid groups (broad SMARTS) is 1. The van der Waals surface area contributed by atoms with Crippen molar-refractivity contribution in [2.45, 2.75) is 37.0 Å². The van der Waals surface area contributed by atoms with Crippen LogP contribution >= 0.6 is 35.1 Å². The number of aromatic nitrogens is 4. The molecule has 1 fully saturated rings. The molecule has 4 rings (SSSR count). The number of thioether (sulfide) groups is 2. The Balaban J connectivity index is 1.52. The molecule has 0 aliphatic carbocycles. The average Bonchev–Trinajstić information content (AvgIpc) is 3.30. The highest BCUT2D eigenvalue weighted by Gasteiger charge is 2.54. The molecule has 0 bridgehead atoms. The molecule has 0 aromatic carbocycles. The van der Waals surface area contributed by atoms with Crippen LogP contribution in [0.4, 0.5) is 16.8 Å². The van der Waals surface area contributed by atoms with Crippen LogP contribution in [0, 0.1) is 0 Å². The predicted molar refractivity (Wildman–Crippen MR) is 142 cm³/mol. The summed E-state index contributed by atoms with van der Waals surface area (Å²) in [6.07, 6.45) is 0. The number of fused-ring (bicyclic) bond motifs is 1. The molecule has 8 N–H and O–H groups in total. The van der Waals surface area contributed by atoms with E-state index in [9.17, 15) is 19.5 Å². The van der Waals surface area contributed by atoms with Crippen LogP contribution in [0.5, 0.6) is 0 Å². The van der Waals surface area contributed by atoms with E-state index in [1.807, 2.05) is 6.92 Å². The second-order valence-electron chi connectivity index (χ2n) is 7.85. The summed E-state index contributed by atoms with van der Waals surface area (Å²) >= 11 is 3.49. The van der Waals surface area contributed by atoms with E-state index in [2.05, 4.69) is 24.8 Å². The maximum absolute atomic E-state index is 13.1. The molecule has 2 amide bonds. The number of nitrogen functional groups attached to an aromatic ring is 3. The van der Waals surface area contributed by atoms with Crippen LogP contribution < -0.4 is 27.1 Å². The molecular weight excluding hydrogens is 556 g/mol. The Morgan fingerprint density at radius 1 is 1.34 bits per heavy atom. The van der Waals surface area contributed by atoms with Gasteiger partial charge < -0.3 is 32.5 Å². The molecule has 0 saturated carbocycles. The Morgan fingerprint density at radius 2 is 2.11 bits per heavy atom. The van der Waals surface area contributed by atoms with Crippen LogP contribution in [0.3, 0.4) is 0 Å². The van der Waals surface area contributed by atoms with Gasteiger partial charge in [-0.3, -0.25) is 14.5 Å². The van der Waals surface area contributed by atoms with Crippen molar-refractivity contribution >= 4 is 75.3 Å². The number of nitrogens with zero attached hydrogens (tertiary/aromatic N) is 6. The number of nitrogens with two attached hydrogens (primary N) is 3. The molecule has 4 heterocycles. The Labute approximate surface area is 229 Å². The van der Waals surface area contributed by atoms with Gasteiger partial charge in [0.2, 0.25) is 23.2 Å². The van der Waals surface area contributed by atoms with Crippen molar-refractivity contribution in [3.05, 3.63) is 23.2 Å². The van der Waals surface area contributed by atoms with Crippen LogP contribution in [0.2, 0.25) is 0 Å². The van der Waals surface area contributed by atoms with E-state index in [1.54, 1.807) is 17.6 Å². The molecule has 2 aliphatic rings. The number of hydrogen-bond donors (Lipinski definition) is 5. The number of hydrogen-bond acceptors (Lipinski definition) is 14. The number of amides is 2. The quantitative estimate of drug-likeness (QED) is 0.0582. The first-order chi connectivity index (χ1) is 18.2. The van der Waals surface area contributed by atoms with Crippen molar-refractivity contribution < 1.29 is 28.9 Å². The number of rotatable bonds is 10. The fraction of sp³-hybridized carbons (Fsp3) is 0.400. The molecule has 202 valence electrons. The minimum absolute atomic E-state index is 0.0380. The summed E-state index contributed by atoms with van der Waals surface area (Å²) in [6, 6.07) is 0.574. The number of nitrogens with one attached hydrogen (secondary N) is 1. The first-order valence-corrected chi connectivity index (χ1v) is 14.1. The van der Waals surface area contributed by atoms with E-state index >= 15 is 0 Å². The third kappa shape index (κ3) is 5.32. The number of oxime groups is 1. The van der Waals surface area contributed by atoms with Gasteiger partial charge in [0.15, 0.2) is 5.13 Å². The second kappa shape index (κ2) is 11.4. The monoisotopic (exact) mass is 581 g/mol. The van der Waals surface area contributed by atoms with Gasteiger partial charge in [-0.2, -0.15) is 9.36 Å². The van der Waals surface area contributed by atoms with Gasteiger partial charge in [0.25, 0.3) is 11.8 Å². The summed E-state index contributed by atoms with van der Waals surface area (Å²) in [5, 5.41) is 16.4. The highest BCUT2D eigenvalue weighted by molar-refractivity contribution is 8.01. The van der Waals surface area contributed by atoms with Gasteiger partial charge in [-0.1, -0.05) is 10.1 Å². The number of carbonyl (C=O) groups excluding carboxylic acids is 2. The van der Waals surface area contributed by atoms with E-state index in [4.69, 9.17) is 22.0 Å². The highest BCUT2D eigenvalue weighted by atomic mass is 32.2. The van der Waals surface area contributed by atoms with Gasteiger partial charge in [0.05, 0.1) is 12.6 Å². The molecule has 38 heavy (non-hydrogen) atoms. The molecule has 2 unspecified atom stereocenters. The zero-order valence-corrected chi connectivity index (χ0v) is 22.7. The SMILES string of the molecule is CCO/N=C(\C(=O)NC1C(=O)N2C(C(=O)O)=C(CSc3nc(N)cc(N)[n+]3CC)CSC12)c1nsc(N)n1. The summed E-state index contributed by atoms with van der Waals surface area (Å²) in [7, 11) is 0. The Bertz CT molecular complexity index is 1350. The van der Waals surface area contributed by atoms with Crippen LogP contribution in [-0.2, 0) is 25.8 Å². The number of carboxylic acids is 1. The van der Waals surface area contributed by atoms with Gasteiger partial charge in [0, 0.05) is 23.0 Å². The van der Waals surface area contributed by atoms with Crippen LogP contribution in [0.15, 0.2) is 27.6 Å².